The lowest BCUT2D eigenvalue weighted by molar-refractivity contribution is 0.733. The number of hydrogen-bond donors (Lipinski definition) is 0. The summed E-state index contributed by atoms with van der Waals surface area (Å²) in [6, 6.07) is 9.02. The van der Waals surface area contributed by atoms with Crippen LogP contribution in [0.2, 0.25) is 0 Å². The molecular formula is C14H20S. The Morgan fingerprint density at radius 2 is 1.93 bits per heavy atom. The van der Waals surface area contributed by atoms with E-state index in [1.807, 2.05) is 11.8 Å². The summed E-state index contributed by atoms with van der Waals surface area (Å²) in [6.07, 6.45) is 3.30. The van der Waals surface area contributed by atoms with Crippen LogP contribution in [-0.4, -0.2) is 0 Å². The van der Waals surface area contributed by atoms with Gasteiger partial charge in [-0.3, -0.25) is 0 Å². The van der Waals surface area contributed by atoms with Gasteiger partial charge in [-0.15, -0.1) is 11.8 Å². The number of thioether (sulfide) groups is 1. The summed E-state index contributed by atoms with van der Waals surface area (Å²) in [7, 11) is 0. The van der Waals surface area contributed by atoms with Gasteiger partial charge in [0.25, 0.3) is 0 Å². The summed E-state index contributed by atoms with van der Waals surface area (Å²) < 4.78 is 0. The highest BCUT2D eigenvalue weighted by molar-refractivity contribution is 8.01. The van der Waals surface area contributed by atoms with E-state index in [4.69, 9.17) is 0 Å². The van der Waals surface area contributed by atoms with Gasteiger partial charge in [0.1, 0.15) is 0 Å². The molecule has 1 unspecified atom stereocenters. The van der Waals surface area contributed by atoms with Crippen molar-refractivity contribution in [1.82, 2.24) is 0 Å². The van der Waals surface area contributed by atoms with Gasteiger partial charge >= 0.3 is 0 Å². The van der Waals surface area contributed by atoms with Gasteiger partial charge in [0.05, 0.1) is 0 Å². The molecule has 0 saturated carbocycles. The van der Waals surface area contributed by atoms with Gasteiger partial charge in [-0.25, -0.2) is 0 Å². The predicted octanol–water partition coefficient (Wildman–Crippen LogP) is 4.97. The van der Waals surface area contributed by atoms with Crippen LogP contribution in [0.5, 0.6) is 0 Å². The SMILES string of the molecule is C/C=C/SCc1ccc(C(C)CC)cc1. The van der Waals surface area contributed by atoms with Crippen molar-refractivity contribution < 1.29 is 0 Å². The molecule has 0 saturated heterocycles. The van der Waals surface area contributed by atoms with E-state index in [0.717, 1.165) is 5.75 Å². The molecule has 0 aliphatic heterocycles. The van der Waals surface area contributed by atoms with E-state index in [1.165, 1.54) is 17.5 Å². The van der Waals surface area contributed by atoms with E-state index in [2.05, 4.69) is 56.5 Å². The predicted molar refractivity (Wildman–Crippen MR) is 71.3 cm³/mol. The highest BCUT2D eigenvalue weighted by Crippen LogP contribution is 2.20. The fourth-order valence-electron chi connectivity index (χ4n) is 1.42. The second kappa shape index (κ2) is 6.73. The van der Waals surface area contributed by atoms with Crippen LogP contribution in [0.4, 0.5) is 0 Å². The Kier molecular flexibility index (Phi) is 5.56. The molecule has 1 aromatic carbocycles. The van der Waals surface area contributed by atoms with E-state index in [0.29, 0.717) is 5.92 Å². The summed E-state index contributed by atoms with van der Waals surface area (Å²) in [6.45, 7) is 6.57. The molecule has 0 nitrogen and oxygen atoms in total. The first-order valence-electron chi connectivity index (χ1n) is 5.59. The highest BCUT2D eigenvalue weighted by atomic mass is 32.2. The summed E-state index contributed by atoms with van der Waals surface area (Å²) in [5, 5.41) is 2.14. The molecule has 0 bridgehead atoms. The Hall–Kier alpha value is -0.690. The monoisotopic (exact) mass is 220 g/mol. The van der Waals surface area contributed by atoms with Crippen LogP contribution in [0, 0.1) is 0 Å². The second-order valence-electron chi connectivity index (χ2n) is 3.83. The molecular weight excluding hydrogens is 200 g/mol. The quantitative estimate of drug-likeness (QED) is 0.675. The van der Waals surface area contributed by atoms with Crippen LogP contribution in [0.25, 0.3) is 0 Å². The van der Waals surface area contributed by atoms with Gasteiger partial charge in [-0.1, -0.05) is 44.2 Å². The number of rotatable bonds is 5. The average molecular weight is 220 g/mol. The topological polar surface area (TPSA) is 0 Å². The average Bonchev–Trinajstić information content (AvgIpc) is 2.29. The molecule has 0 fully saturated rings. The van der Waals surface area contributed by atoms with Gasteiger partial charge in [0, 0.05) is 5.75 Å². The van der Waals surface area contributed by atoms with Crippen LogP contribution in [0.15, 0.2) is 35.7 Å². The first-order chi connectivity index (χ1) is 7.27. The van der Waals surface area contributed by atoms with Gasteiger partial charge < -0.3 is 0 Å². The van der Waals surface area contributed by atoms with Gasteiger partial charge in [0.2, 0.25) is 0 Å². The molecule has 1 rings (SSSR count). The van der Waals surface area contributed by atoms with Gasteiger partial charge in [0.15, 0.2) is 0 Å². The van der Waals surface area contributed by atoms with E-state index >= 15 is 0 Å². The normalized spacial score (nSPS) is 13.3. The molecule has 0 spiro atoms. The van der Waals surface area contributed by atoms with E-state index in [9.17, 15) is 0 Å². The van der Waals surface area contributed by atoms with Crippen molar-refractivity contribution in [1.29, 1.82) is 0 Å². The van der Waals surface area contributed by atoms with Crippen molar-refractivity contribution in [3.05, 3.63) is 46.9 Å². The van der Waals surface area contributed by atoms with Crippen LogP contribution < -0.4 is 0 Å². The van der Waals surface area contributed by atoms with Crippen molar-refractivity contribution in [2.75, 3.05) is 0 Å². The lowest BCUT2D eigenvalue weighted by Crippen LogP contribution is -1.91. The third-order valence-electron chi connectivity index (χ3n) is 2.64. The molecule has 0 radical (unpaired) electrons. The van der Waals surface area contributed by atoms with Gasteiger partial charge in [-0.2, -0.15) is 0 Å². The lowest BCUT2D eigenvalue weighted by atomic mass is 9.98. The zero-order valence-electron chi connectivity index (χ0n) is 9.86. The molecule has 0 N–H and O–H groups in total. The molecule has 1 atom stereocenters. The maximum absolute atomic E-state index is 2.28. The zero-order chi connectivity index (χ0) is 11.1. The third kappa shape index (κ3) is 4.13. The first kappa shape index (κ1) is 12.4. The fraction of sp³-hybridized carbons (Fsp3) is 0.429. The molecule has 1 aromatic rings. The molecule has 0 aliphatic rings. The number of benzene rings is 1. The second-order valence-corrected chi connectivity index (χ2v) is 4.73. The fourth-order valence-corrected chi connectivity index (χ4v) is 2.09. The third-order valence-corrected chi connectivity index (χ3v) is 3.61. The first-order valence-corrected chi connectivity index (χ1v) is 6.64. The van der Waals surface area contributed by atoms with E-state index < -0.39 is 0 Å². The number of hydrogen-bond acceptors (Lipinski definition) is 1. The van der Waals surface area contributed by atoms with Crippen LogP contribution in [-0.2, 0) is 5.75 Å². The maximum Gasteiger partial charge on any atom is 0.0225 e. The van der Waals surface area contributed by atoms with Crippen molar-refractivity contribution >= 4 is 11.8 Å². The summed E-state index contributed by atoms with van der Waals surface area (Å²) in [5.41, 5.74) is 2.86. The minimum absolute atomic E-state index is 0.683. The van der Waals surface area contributed by atoms with Crippen LogP contribution >= 0.6 is 11.8 Å². The smallest absolute Gasteiger partial charge is 0.0225 e. The van der Waals surface area contributed by atoms with E-state index in [-0.39, 0.29) is 0 Å². The summed E-state index contributed by atoms with van der Waals surface area (Å²) in [5.74, 6) is 1.76. The minimum Gasteiger partial charge on any atom is -0.130 e. The molecule has 0 heterocycles. The zero-order valence-corrected chi connectivity index (χ0v) is 10.7. The van der Waals surface area contributed by atoms with Crippen LogP contribution in [0.3, 0.4) is 0 Å². The highest BCUT2D eigenvalue weighted by Gasteiger charge is 2.01. The van der Waals surface area contributed by atoms with Crippen molar-refractivity contribution in [3.63, 3.8) is 0 Å². The molecule has 15 heavy (non-hydrogen) atoms. The molecule has 0 amide bonds. The van der Waals surface area contributed by atoms with Gasteiger partial charge in [-0.05, 0) is 35.8 Å². The summed E-state index contributed by atoms with van der Waals surface area (Å²) >= 11 is 1.85. The lowest BCUT2D eigenvalue weighted by Gasteiger charge is -2.09. The summed E-state index contributed by atoms with van der Waals surface area (Å²) in [4.78, 5) is 0. The molecule has 82 valence electrons. The Labute approximate surface area is 97.8 Å². The van der Waals surface area contributed by atoms with Crippen molar-refractivity contribution in [3.8, 4) is 0 Å². The Morgan fingerprint density at radius 3 is 2.47 bits per heavy atom. The largest absolute Gasteiger partial charge is 0.130 e. The molecule has 1 heteroatoms. The molecule has 0 aliphatic carbocycles. The Morgan fingerprint density at radius 1 is 1.27 bits per heavy atom. The standard InChI is InChI=1S/C14H20S/c1-4-10-15-11-13-6-8-14(9-7-13)12(3)5-2/h4,6-10,12H,5,11H2,1-3H3/b10-4+. The Balaban J connectivity index is 2.56. The number of allylic oxidation sites excluding steroid dienone is 1. The molecule has 0 aromatic heterocycles. The maximum atomic E-state index is 2.28. The van der Waals surface area contributed by atoms with Crippen molar-refractivity contribution in [2.24, 2.45) is 0 Å². The van der Waals surface area contributed by atoms with Crippen LogP contribution in [0.1, 0.15) is 44.2 Å². The van der Waals surface area contributed by atoms with E-state index in [1.54, 1.807) is 0 Å². The minimum atomic E-state index is 0.683. The van der Waals surface area contributed by atoms with Crippen molar-refractivity contribution in [2.45, 2.75) is 38.9 Å². The Bertz CT molecular complexity index is 298.